The lowest BCUT2D eigenvalue weighted by Gasteiger charge is -2.08. The van der Waals surface area contributed by atoms with Crippen molar-refractivity contribution in [2.75, 3.05) is 6.26 Å². The Morgan fingerprint density at radius 1 is 1.37 bits per heavy atom. The summed E-state index contributed by atoms with van der Waals surface area (Å²) in [4.78, 5) is 15.7. The molecule has 0 amide bonds. The van der Waals surface area contributed by atoms with E-state index in [4.69, 9.17) is 4.52 Å². The van der Waals surface area contributed by atoms with E-state index in [2.05, 4.69) is 10.1 Å². The maximum atomic E-state index is 11.4. The molecule has 6 heteroatoms. The second-order valence-electron chi connectivity index (χ2n) is 4.20. The molecule has 1 heterocycles. The normalized spacial score (nSPS) is 10.7. The van der Waals surface area contributed by atoms with Crippen molar-refractivity contribution in [2.24, 2.45) is 0 Å². The fourth-order valence-electron chi connectivity index (χ4n) is 1.91. The summed E-state index contributed by atoms with van der Waals surface area (Å²) in [6.07, 6.45) is 1.94. The summed E-state index contributed by atoms with van der Waals surface area (Å²) >= 11 is 1.58. The number of carboxylic acids is 1. The molecule has 0 atom stereocenters. The highest BCUT2D eigenvalue weighted by molar-refractivity contribution is 7.97. The molecule has 2 rings (SSSR count). The number of aryl methyl sites for hydroxylation is 2. The van der Waals surface area contributed by atoms with Gasteiger partial charge in [0.1, 0.15) is 0 Å². The number of nitrogens with zero attached hydrogens (tertiary/aromatic N) is 2. The zero-order valence-electron chi connectivity index (χ0n) is 10.9. The number of carbonyl (C=O) groups is 1. The quantitative estimate of drug-likeness (QED) is 0.926. The maximum absolute atomic E-state index is 11.4. The van der Waals surface area contributed by atoms with Crippen LogP contribution >= 0.6 is 11.8 Å². The topological polar surface area (TPSA) is 76.2 Å². The summed E-state index contributed by atoms with van der Waals surface area (Å²) in [5.41, 5.74) is 2.21. The first-order valence-electron chi connectivity index (χ1n) is 5.70. The van der Waals surface area contributed by atoms with Crippen molar-refractivity contribution in [3.05, 3.63) is 34.6 Å². The molecule has 1 aromatic heterocycles. The number of aromatic carboxylic acids is 1. The van der Waals surface area contributed by atoms with Crippen LogP contribution in [0.5, 0.6) is 0 Å². The Morgan fingerprint density at radius 3 is 2.68 bits per heavy atom. The highest BCUT2D eigenvalue weighted by atomic mass is 32.2. The van der Waals surface area contributed by atoms with Gasteiger partial charge >= 0.3 is 5.97 Å². The Bertz CT molecular complexity index is 622. The van der Waals surface area contributed by atoms with Crippen molar-refractivity contribution in [2.45, 2.75) is 19.6 Å². The Balaban J connectivity index is 2.59. The number of benzene rings is 1. The Hall–Kier alpha value is -1.82. The molecule has 0 aliphatic carbocycles. The fourth-order valence-corrected chi connectivity index (χ4v) is 2.28. The highest BCUT2D eigenvalue weighted by Gasteiger charge is 2.21. The van der Waals surface area contributed by atoms with Gasteiger partial charge < -0.3 is 9.63 Å². The maximum Gasteiger partial charge on any atom is 0.336 e. The van der Waals surface area contributed by atoms with Crippen LogP contribution in [0.25, 0.3) is 11.5 Å². The number of hydrogen-bond acceptors (Lipinski definition) is 5. The second-order valence-corrected chi connectivity index (χ2v) is 5.07. The van der Waals surface area contributed by atoms with Crippen molar-refractivity contribution in [3.8, 4) is 11.5 Å². The molecule has 0 bridgehead atoms. The molecule has 0 saturated heterocycles. The van der Waals surface area contributed by atoms with Gasteiger partial charge in [-0.05, 0) is 31.2 Å². The van der Waals surface area contributed by atoms with E-state index < -0.39 is 5.97 Å². The average Bonchev–Trinajstić information content (AvgIpc) is 2.80. The highest BCUT2D eigenvalue weighted by Crippen LogP contribution is 2.29. The van der Waals surface area contributed by atoms with Gasteiger partial charge in [0.2, 0.25) is 0 Å². The zero-order valence-corrected chi connectivity index (χ0v) is 11.7. The van der Waals surface area contributed by atoms with Gasteiger partial charge in [0.15, 0.2) is 5.82 Å². The summed E-state index contributed by atoms with van der Waals surface area (Å²) in [5, 5.41) is 13.2. The molecule has 0 unspecified atom stereocenters. The average molecular weight is 278 g/mol. The van der Waals surface area contributed by atoms with Crippen molar-refractivity contribution in [1.82, 2.24) is 10.1 Å². The van der Waals surface area contributed by atoms with E-state index in [-0.39, 0.29) is 11.5 Å². The lowest BCUT2D eigenvalue weighted by Crippen LogP contribution is -2.04. The SMILES string of the molecule is CSCc1noc(-c2c(C)ccc(C)c2C(=O)O)n1. The van der Waals surface area contributed by atoms with Crippen LogP contribution in [0.15, 0.2) is 16.7 Å². The number of aromatic nitrogens is 2. The molecule has 0 aliphatic heterocycles. The second kappa shape index (κ2) is 5.44. The van der Waals surface area contributed by atoms with E-state index in [1.54, 1.807) is 24.8 Å². The first-order valence-corrected chi connectivity index (χ1v) is 7.09. The minimum Gasteiger partial charge on any atom is -0.478 e. The van der Waals surface area contributed by atoms with E-state index in [1.165, 1.54) is 0 Å². The number of rotatable bonds is 4. The third-order valence-electron chi connectivity index (χ3n) is 2.79. The predicted molar refractivity (Wildman–Crippen MR) is 73.4 cm³/mol. The summed E-state index contributed by atoms with van der Waals surface area (Å²) in [6, 6.07) is 3.64. The molecule has 0 saturated carbocycles. The Labute approximate surface area is 115 Å². The first-order chi connectivity index (χ1) is 9.04. The minimum atomic E-state index is -0.985. The lowest BCUT2D eigenvalue weighted by atomic mass is 9.97. The van der Waals surface area contributed by atoms with Gasteiger partial charge in [-0.3, -0.25) is 0 Å². The van der Waals surface area contributed by atoms with Gasteiger partial charge in [-0.1, -0.05) is 17.3 Å². The van der Waals surface area contributed by atoms with Crippen LogP contribution in [0, 0.1) is 13.8 Å². The number of hydrogen-bond donors (Lipinski definition) is 1. The molecule has 0 radical (unpaired) electrons. The molecule has 0 fully saturated rings. The standard InChI is InChI=1S/C13H14N2O3S/c1-7-4-5-8(2)11(13(16)17)10(7)12-14-9(6-19-3)15-18-12/h4-5H,6H2,1-3H3,(H,16,17). The molecular formula is C13H14N2O3S. The number of carboxylic acid groups (broad SMARTS) is 1. The van der Waals surface area contributed by atoms with Crippen LogP contribution in [0.4, 0.5) is 0 Å². The molecular weight excluding hydrogens is 264 g/mol. The summed E-state index contributed by atoms with van der Waals surface area (Å²) in [5.74, 6) is 0.486. The van der Waals surface area contributed by atoms with Gasteiger partial charge in [-0.15, -0.1) is 0 Å². The molecule has 5 nitrogen and oxygen atoms in total. The van der Waals surface area contributed by atoms with E-state index in [1.807, 2.05) is 19.2 Å². The molecule has 0 spiro atoms. The Morgan fingerprint density at radius 2 is 2.05 bits per heavy atom. The van der Waals surface area contributed by atoms with E-state index in [0.29, 0.717) is 22.7 Å². The van der Waals surface area contributed by atoms with Gasteiger partial charge in [-0.2, -0.15) is 16.7 Å². The summed E-state index contributed by atoms with van der Waals surface area (Å²) < 4.78 is 5.19. The van der Waals surface area contributed by atoms with Gasteiger partial charge in [0.25, 0.3) is 5.89 Å². The van der Waals surface area contributed by atoms with Gasteiger partial charge in [-0.25, -0.2) is 4.79 Å². The van der Waals surface area contributed by atoms with Crippen molar-refractivity contribution < 1.29 is 14.4 Å². The third kappa shape index (κ3) is 2.63. The predicted octanol–water partition coefficient (Wildman–Crippen LogP) is 2.91. The minimum absolute atomic E-state index is 0.222. The van der Waals surface area contributed by atoms with Crippen molar-refractivity contribution in [1.29, 1.82) is 0 Å². The van der Waals surface area contributed by atoms with Crippen LogP contribution in [0.3, 0.4) is 0 Å². The van der Waals surface area contributed by atoms with Crippen LogP contribution in [0.1, 0.15) is 27.3 Å². The zero-order chi connectivity index (χ0) is 14.0. The molecule has 19 heavy (non-hydrogen) atoms. The van der Waals surface area contributed by atoms with Crippen molar-refractivity contribution in [3.63, 3.8) is 0 Å². The molecule has 100 valence electrons. The smallest absolute Gasteiger partial charge is 0.336 e. The van der Waals surface area contributed by atoms with Crippen LogP contribution in [0.2, 0.25) is 0 Å². The monoisotopic (exact) mass is 278 g/mol. The molecule has 1 aromatic carbocycles. The molecule has 1 N–H and O–H groups in total. The van der Waals surface area contributed by atoms with E-state index in [9.17, 15) is 9.90 Å². The van der Waals surface area contributed by atoms with E-state index in [0.717, 1.165) is 5.56 Å². The first kappa shape index (κ1) is 13.6. The fraction of sp³-hybridized carbons (Fsp3) is 0.308. The van der Waals surface area contributed by atoms with E-state index >= 15 is 0 Å². The number of thioether (sulfide) groups is 1. The third-order valence-corrected chi connectivity index (χ3v) is 3.34. The summed E-state index contributed by atoms with van der Waals surface area (Å²) in [7, 11) is 0. The summed E-state index contributed by atoms with van der Waals surface area (Å²) in [6.45, 7) is 3.59. The molecule has 2 aromatic rings. The Kier molecular flexibility index (Phi) is 3.90. The lowest BCUT2D eigenvalue weighted by molar-refractivity contribution is 0.0696. The van der Waals surface area contributed by atoms with Crippen LogP contribution in [-0.4, -0.2) is 27.5 Å². The van der Waals surface area contributed by atoms with Gasteiger partial charge in [0, 0.05) is 0 Å². The van der Waals surface area contributed by atoms with Crippen LogP contribution < -0.4 is 0 Å². The molecule has 0 aliphatic rings. The van der Waals surface area contributed by atoms with Crippen molar-refractivity contribution >= 4 is 17.7 Å². The largest absolute Gasteiger partial charge is 0.478 e. The van der Waals surface area contributed by atoms with Crippen LogP contribution in [-0.2, 0) is 5.75 Å². The van der Waals surface area contributed by atoms with Gasteiger partial charge in [0.05, 0.1) is 16.9 Å².